The molecule has 1 amide bonds. The third-order valence-electron chi connectivity index (χ3n) is 4.91. The minimum atomic E-state index is -0.122. The molecule has 1 aromatic heterocycles. The van der Waals surface area contributed by atoms with Gasteiger partial charge in [0, 0.05) is 24.6 Å². The fraction of sp³-hybridized carbons (Fsp3) is 0.286. The number of hydrogen-bond donors (Lipinski definition) is 0. The van der Waals surface area contributed by atoms with Gasteiger partial charge in [-0.05, 0) is 31.2 Å². The maximum Gasteiger partial charge on any atom is 0.261 e. The summed E-state index contributed by atoms with van der Waals surface area (Å²) in [7, 11) is 3.14. The average Bonchev–Trinajstić information content (AvgIpc) is 3.35. The highest BCUT2D eigenvalue weighted by Gasteiger charge is 2.35. The van der Waals surface area contributed by atoms with Gasteiger partial charge in [0.05, 0.1) is 19.8 Å². The van der Waals surface area contributed by atoms with E-state index in [1.165, 1.54) is 0 Å². The lowest BCUT2D eigenvalue weighted by Gasteiger charge is -2.16. The second kappa shape index (κ2) is 7.34. The number of nitrogens with zero attached hydrogens (tertiary/aromatic N) is 3. The first-order valence-corrected chi connectivity index (χ1v) is 9.02. The minimum absolute atomic E-state index is 0.0548. The summed E-state index contributed by atoms with van der Waals surface area (Å²) in [5.74, 6) is 1.90. The highest BCUT2D eigenvalue weighted by atomic mass is 16.5. The van der Waals surface area contributed by atoms with Gasteiger partial charge in [-0.25, -0.2) is 0 Å². The number of methoxy groups -OCH3 is 2. The number of benzene rings is 2. The largest absolute Gasteiger partial charge is 0.493 e. The van der Waals surface area contributed by atoms with Gasteiger partial charge in [-0.1, -0.05) is 28.9 Å². The normalized spacial score (nSPS) is 16.5. The number of rotatable bonds is 5. The minimum Gasteiger partial charge on any atom is -0.493 e. The van der Waals surface area contributed by atoms with E-state index in [0.717, 1.165) is 11.3 Å². The van der Waals surface area contributed by atoms with Crippen LogP contribution in [0.1, 0.15) is 23.7 Å². The Balaban J connectivity index is 1.59. The fourth-order valence-electron chi connectivity index (χ4n) is 3.42. The zero-order valence-corrected chi connectivity index (χ0v) is 16.0. The monoisotopic (exact) mass is 379 g/mol. The Labute approximate surface area is 162 Å². The predicted octanol–water partition coefficient (Wildman–Crippen LogP) is 3.58. The Morgan fingerprint density at radius 3 is 2.61 bits per heavy atom. The molecule has 0 saturated carbocycles. The van der Waals surface area contributed by atoms with Crippen LogP contribution >= 0.6 is 0 Å². The van der Waals surface area contributed by atoms with E-state index in [1.54, 1.807) is 25.2 Å². The van der Waals surface area contributed by atoms with E-state index in [-0.39, 0.29) is 11.8 Å². The molecule has 4 rings (SSSR count). The zero-order valence-electron chi connectivity index (χ0n) is 16.0. The van der Waals surface area contributed by atoms with Gasteiger partial charge in [0.25, 0.3) is 5.89 Å². The number of aromatic nitrogens is 2. The Bertz CT molecular complexity index is 997. The molecule has 144 valence electrons. The van der Waals surface area contributed by atoms with Crippen LogP contribution in [-0.4, -0.2) is 36.8 Å². The molecule has 2 aromatic carbocycles. The van der Waals surface area contributed by atoms with Crippen molar-refractivity contribution in [3.63, 3.8) is 0 Å². The summed E-state index contributed by atoms with van der Waals surface area (Å²) in [5, 5.41) is 4.12. The molecule has 3 aromatic rings. The Morgan fingerprint density at radius 2 is 1.89 bits per heavy atom. The van der Waals surface area contributed by atoms with Crippen LogP contribution < -0.4 is 14.4 Å². The Morgan fingerprint density at radius 1 is 1.11 bits per heavy atom. The van der Waals surface area contributed by atoms with Crippen LogP contribution in [0, 0.1) is 6.92 Å². The third-order valence-corrected chi connectivity index (χ3v) is 4.91. The van der Waals surface area contributed by atoms with Crippen molar-refractivity contribution < 1.29 is 18.8 Å². The summed E-state index contributed by atoms with van der Waals surface area (Å²) in [6.07, 6.45) is 0.349. The number of para-hydroxylation sites is 1. The molecule has 1 aliphatic rings. The highest BCUT2D eigenvalue weighted by molar-refractivity contribution is 5.96. The predicted molar refractivity (Wildman–Crippen MR) is 104 cm³/mol. The lowest BCUT2D eigenvalue weighted by atomic mass is 10.1. The SMILES string of the molecule is COc1cccc(-c2nc(C3CC(=O)N(c4ccc(C)cc4)C3)no2)c1OC. The number of aryl methyl sites for hydroxylation is 1. The molecule has 7 nitrogen and oxygen atoms in total. The summed E-state index contributed by atoms with van der Waals surface area (Å²) < 4.78 is 16.2. The van der Waals surface area contributed by atoms with Crippen molar-refractivity contribution in [1.82, 2.24) is 10.1 Å². The van der Waals surface area contributed by atoms with Crippen molar-refractivity contribution in [3.05, 3.63) is 53.9 Å². The van der Waals surface area contributed by atoms with Crippen LogP contribution in [0.5, 0.6) is 11.5 Å². The maximum absolute atomic E-state index is 12.5. The van der Waals surface area contributed by atoms with Crippen molar-refractivity contribution >= 4 is 11.6 Å². The molecule has 0 radical (unpaired) electrons. The topological polar surface area (TPSA) is 77.7 Å². The molecule has 0 N–H and O–H groups in total. The molecular weight excluding hydrogens is 358 g/mol. The summed E-state index contributed by atoms with van der Waals surface area (Å²) in [5.41, 5.74) is 2.69. The van der Waals surface area contributed by atoms with Crippen molar-refractivity contribution in [2.75, 3.05) is 25.7 Å². The lowest BCUT2D eigenvalue weighted by Crippen LogP contribution is -2.24. The Hall–Kier alpha value is -3.35. The molecular formula is C21H21N3O4. The first-order chi connectivity index (χ1) is 13.6. The van der Waals surface area contributed by atoms with Gasteiger partial charge in [0.2, 0.25) is 5.91 Å². The maximum atomic E-state index is 12.5. The summed E-state index contributed by atoms with van der Waals surface area (Å²) in [4.78, 5) is 18.8. The van der Waals surface area contributed by atoms with E-state index < -0.39 is 0 Å². The van der Waals surface area contributed by atoms with E-state index in [2.05, 4.69) is 10.1 Å². The summed E-state index contributed by atoms with van der Waals surface area (Å²) >= 11 is 0. The first kappa shape index (κ1) is 18.0. The van der Waals surface area contributed by atoms with Crippen molar-refractivity contribution in [3.8, 4) is 23.0 Å². The smallest absolute Gasteiger partial charge is 0.261 e. The number of hydrogen-bond acceptors (Lipinski definition) is 6. The lowest BCUT2D eigenvalue weighted by molar-refractivity contribution is -0.117. The zero-order chi connectivity index (χ0) is 19.7. The van der Waals surface area contributed by atoms with Crippen molar-refractivity contribution in [2.24, 2.45) is 0 Å². The van der Waals surface area contributed by atoms with Gasteiger partial charge >= 0.3 is 0 Å². The molecule has 1 fully saturated rings. The van der Waals surface area contributed by atoms with Gasteiger partial charge in [-0.15, -0.1) is 0 Å². The number of anilines is 1. The van der Waals surface area contributed by atoms with Crippen LogP contribution in [0.3, 0.4) is 0 Å². The van der Waals surface area contributed by atoms with Gasteiger partial charge in [0.15, 0.2) is 17.3 Å². The van der Waals surface area contributed by atoms with E-state index in [1.807, 2.05) is 43.3 Å². The molecule has 1 saturated heterocycles. The van der Waals surface area contributed by atoms with Crippen LogP contribution in [0.15, 0.2) is 47.0 Å². The van der Waals surface area contributed by atoms with Crippen molar-refractivity contribution in [1.29, 1.82) is 0 Å². The molecule has 0 spiro atoms. The van der Waals surface area contributed by atoms with Crippen LogP contribution in [-0.2, 0) is 4.79 Å². The first-order valence-electron chi connectivity index (χ1n) is 9.02. The second-order valence-electron chi connectivity index (χ2n) is 6.74. The number of amides is 1. The summed E-state index contributed by atoms with van der Waals surface area (Å²) in [6, 6.07) is 13.4. The average molecular weight is 379 g/mol. The number of ether oxygens (including phenoxy) is 2. The van der Waals surface area contributed by atoms with Crippen molar-refractivity contribution in [2.45, 2.75) is 19.3 Å². The van der Waals surface area contributed by atoms with Gasteiger partial charge in [0.1, 0.15) is 0 Å². The standard InChI is InChI=1S/C21H21N3O4/c1-13-7-9-15(10-8-13)24-12-14(11-18(24)25)20-22-21(28-23-20)16-5-4-6-17(26-2)19(16)27-3/h4-10,14H,11-12H2,1-3H3. The number of carbonyl (C=O) groups excluding carboxylic acids is 1. The molecule has 1 aliphatic heterocycles. The highest BCUT2D eigenvalue weighted by Crippen LogP contribution is 2.38. The van der Waals surface area contributed by atoms with Crippen LogP contribution in [0.4, 0.5) is 5.69 Å². The Kier molecular flexibility index (Phi) is 4.73. The van der Waals surface area contributed by atoms with Gasteiger partial charge in [-0.2, -0.15) is 4.98 Å². The third kappa shape index (κ3) is 3.19. The molecule has 0 bridgehead atoms. The van der Waals surface area contributed by atoms with Crippen LogP contribution in [0.25, 0.3) is 11.5 Å². The number of carbonyl (C=O) groups is 1. The van der Waals surface area contributed by atoms with Gasteiger partial charge in [-0.3, -0.25) is 4.79 Å². The van der Waals surface area contributed by atoms with E-state index in [0.29, 0.717) is 41.7 Å². The van der Waals surface area contributed by atoms with Crippen LogP contribution in [0.2, 0.25) is 0 Å². The van der Waals surface area contributed by atoms with E-state index in [4.69, 9.17) is 14.0 Å². The second-order valence-corrected chi connectivity index (χ2v) is 6.74. The molecule has 1 unspecified atom stereocenters. The van der Waals surface area contributed by atoms with E-state index in [9.17, 15) is 4.79 Å². The van der Waals surface area contributed by atoms with E-state index >= 15 is 0 Å². The summed E-state index contributed by atoms with van der Waals surface area (Å²) in [6.45, 7) is 2.54. The molecule has 0 aliphatic carbocycles. The quantitative estimate of drug-likeness (QED) is 0.674. The fourth-order valence-corrected chi connectivity index (χ4v) is 3.42. The molecule has 2 heterocycles. The molecule has 28 heavy (non-hydrogen) atoms. The van der Waals surface area contributed by atoms with Gasteiger partial charge < -0.3 is 18.9 Å². The molecule has 1 atom stereocenters. The molecule has 7 heteroatoms.